The zero-order valence-corrected chi connectivity index (χ0v) is 12.1. The van der Waals surface area contributed by atoms with Gasteiger partial charge in [0.1, 0.15) is 5.82 Å². The number of benzene rings is 1. The van der Waals surface area contributed by atoms with Crippen LogP contribution in [0.1, 0.15) is 37.7 Å². The first-order valence-electron chi connectivity index (χ1n) is 7.06. The van der Waals surface area contributed by atoms with Crippen molar-refractivity contribution < 1.29 is 9.18 Å². The zero-order valence-electron chi connectivity index (χ0n) is 11.4. The topological polar surface area (TPSA) is 55.1 Å². The summed E-state index contributed by atoms with van der Waals surface area (Å²) in [5, 5.41) is 3.21. The van der Waals surface area contributed by atoms with Gasteiger partial charge in [-0.3, -0.25) is 4.79 Å². The van der Waals surface area contributed by atoms with Gasteiger partial charge in [-0.2, -0.15) is 0 Å². The van der Waals surface area contributed by atoms with E-state index in [1.165, 1.54) is 12.1 Å². The van der Waals surface area contributed by atoms with Gasteiger partial charge in [0.15, 0.2) is 0 Å². The minimum Gasteiger partial charge on any atom is -0.352 e. The van der Waals surface area contributed by atoms with Crippen LogP contribution in [-0.4, -0.2) is 18.0 Å². The van der Waals surface area contributed by atoms with E-state index in [0.717, 1.165) is 32.1 Å². The van der Waals surface area contributed by atoms with Crippen LogP contribution in [0.2, 0.25) is 5.02 Å². The quantitative estimate of drug-likeness (QED) is 0.843. The van der Waals surface area contributed by atoms with Crippen LogP contribution in [0.25, 0.3) is 0 Å². The smallest absolute Gasteiger partial charge is 0.224 e. The standard InChI is InChI=1S/C15H20ClFN2O/c16-11-5-4-6-12(17)10(11)9-15(20)19-14-8-3-1-2-7-13(14)18/h4-6,13-14H,1-3,7-9,18H2,(H,19,20). The van der Waals surface area contributed by atoms with E-state index in [2.05, 4.69) is 5.32 Å². The summed E-state index contributed by atoms with van der Waals surface area (Å²) in [7, 11) is 0. The van der Waals surface area contributed by atoms with Gasteiger partial charge in [0.05, 0.1) is 6.42 Å². The Morgan fingerprint density at radius 1 is 1.35 bits per heavy atom. The molecule has 2 unspecified atom stereocenters. The molecular formula is C15H20ClFN2O. The van der Waals surface area contributed by atoms with Crippen LogP contribution in [0.5, 0.6) is 0 Å². The second kappa shape index (κ2) is 7.04. The van der Waals surface area contributed by atoms with E-state index in [1.807, 2.05) is 0 Å². The Labute approximate surface area is 123 Å². The second-order valence-corrected chi connectivity index (χ2v) is 5.76. The van der Waals surface area contributed by atoms with Crippen LogP contribution in [0.4, 0.5) is 4.39 Å². The molecule has 2 rings (SSSR count). The van der Waals surface area contributed by atoms with Crippen molar-refractivity contribution in [1.82, 2.24) is 5.32 Å². The summed E-state index contributed by atoms with van der Waals surface area (Å²) >= 11 is 5.93. The summed E-state index contributed by atoms with van der Waals surface area (Å²) in [6.45, 7) is 0. The molecule has 0 saturated heterocycles. The van der Waals surface area contributed by atoms with Gasteiger partial charge < -0.3 is 11.1 Å². The second-order valence-electron chi connectivity index (χ2n) is 5.35. The maximum atomic E-state index is 13.6. The van der Waals surface area contributed by atoms with Crippen molar-refractivity contribution in [1.29, 1.82) is 0 Å². The molecule has 110 valence electrons. The molecule has 1 amide bonds. The van der Waals surface area contributed by atoms with Crippen LogP contribution in [0.15, 0.2) is 18.2 Å². The van der Waals surface area contributed by atoms with Gasteiger partial charge >= 0.3 is 0 Å². The van der Waals surface area contributed by atoms with Gasteiger partial charge in [-0.25, -0.2) is 4.39 Å². The third kappa shape index (κ3) is 3.93. The number of nitrogens with two attached hydrogens (primary N) is 1. The monoisotopic (exact) mass is 298 g/mol. The maximum absolute atomic E-state index is 13.6. The fourth-order valence-corrected chi connectivity index (χ4v) is 2.86. The molecule has 1 aromatic carbocycles. The summed E-state index contributed by atoms with van der Waals surface area (Å²) in [5.74, 6) is -0.669. The normalized spacial score (nSPS) is 23.1. The molecule has 0 spiro atoms. The van der Waals surface area contributed by atoms with E-state index in [1.54, 1.807) is 6.07 Å². The number of halogens is 2. The van der Waals surface area contributed by atoms with E-state index >= 15 is 0 Å². The third-order valence-corrected chi connectivity index (χ3v) is 4.17. The highest BCUT2D eigenvalue weighted by Crippen LogP contribution is 2.20. The van der Waals surface area contributed by atoms with Crippen molar-refractivity contribution in [3.8, 4) is 0 Å². The summed E-state index contributed by atoms with van der Waals surface area (Å²) in [4.78, 5) is 12.1. The number of hydrogen-bond acceptors (Lipinski definition) is 2. The van der Waals surface area contributed by atoms with Gasteiger partial charge in [-0.1, -0.05) is 36.9 Å². The number of rotatable bonds is 3. The van der Waals surface area contributed by atoms with Crippen LogP contribution in [0, 0.1) is 5.82 Å². The van der Waals surface area contributed by atoms with Gasteiger partial charge in [0.25, 0.3) is 0 Å². The molecule has 0 heterocycles. The molecule has 1 fully saturated rings. The molecule has 0 aromatic heterocycles. The van der Waals surface area contributed by atoms with Gasteiger partial charge in [-0.05, 0) is 25.0 Å². The first-order valence-corrected chi connectivity index (χ1v) is 7.43. The predicted octanol–water partition coefficient (Wildman–Crippen LogP) is 2.80. The molecule has 0 aliphatic heterocycles. The van der Waals surface area contributed by atoms with Crippen LogP contribution in [0.3, 0.4) is 0 Å². The Bertz CT molecular complexity index is 461. The average Bonchev–Trinajstić information content (AvgIpc) is 2.60. The molecule has 5 heteroatoms. The lowest BCUT2D eigenvalue weighted by molar-refractivity contribution is -0.121. The molecule has 1 aliphatic carbocycles. The SMILES string of the molecule is NC1CCCCCC1NC(=O)Cc1c(F)cccc1Cl. The van der Waals surface area contributed by atoms with Crippen molar-refractivity contribution in [3.05, 3.63) is 34.6 Å². The predicted molar refractivity (Wildman–Crippen MR) is 78.1 cm³/mol. The summed E-state index contributed by atoms with van der Waals surface area (Å²) < 4.78 is 13.6. The number of carbonyl (C=O) groups is 1. The summed E-state index contributed by atoms with van der Waals surface area (Å²) in [6, 6.07) is 4.39. The van der Waals surface area contributed by atoms with Gasteiger partial charge in [-0.15, -0.1) is 0 Å². The summed E-state index contributed by atoms with van der Waals surface area (Å²) in [6.07, 6.45) is 5.09. The molecule has 20 heavy (non-hydrogen) atoms. The maximum Gasteiger partial charge on any atom is 0.224 e. The number of hydrogen-bond donors (Lipinski definition) is 2. The Kier molecular flexibility index (Phi) is 5.38. The lowest BCUT2D eigenvalue weighted by atomic mass is 10.0. The van der Waals surface area contributed by atoms with Crippen LogP contribution < -0.4 is 11.1 Å². The van der Waals surface area contributed by atoms with Gasteiger partial charge in [0.2, 0.25) is 5.91 Å². The minimum atomic E-state index is -0.446. The highest BCUT2D eigenvalue weighted by Gasteiger charge is 2.22. The van der Waals surface area contributed by atoms with E-state index in [0.29, 0.717) is 0 Å². The Morgan fingerprint density at radius 3 is 2.85 bits per heavy atom. The molecule has 0 bridgehead atoms. The van der Waals surface area contributed by atoms with E-state index in [4.69, 9.17) is 17.3 Å². The van der Waals surface area contributed by atoms with Crippen LogP contribution in [-0.2, 0) is 11.2 Å². The molecule has 1 saturated carbocycles. The first-order chi connectivity index (χ1) is 9.58. The number of nitrogens with one attached hydrogen (secondary N) is 1. The lowest BCUT2D eigenvalue weighted by Gasteiger charge is -2.22. The Balaban J connectivity index is 1.98. The van der Waals surface area contributed by atoms with E-state index in [9.17, 15) is 9.18 Å². The fraction of sp³-hybridized carbons (Fsp3) is 0.533. The Morgan fingerprint density at radius 2 is 2.10 bits per heavy atom. The van der Waals surface area contributed by atoms with Crippen molar-refractivity contribution in [2.24, 2.45) is 5.73 Å². The first kappa shape index (κ1) is 15.3. The molecule has 3 nitrogen and oxygen atoms in total. The van der Waals surface area contributed by atoms with Crippen molar-refractivity contribution >= 4 is 17.5 Å². The highest BCUT2D eigenvalue weighted by atomic mass is 35.5. The average molecular weight is 299 g/mol. The Hall–Kier alpha value is -1.13. The lowest BCUT2D eigenvalue weighted by Crippen LogP contribution is -2.47. The van der Waals surface area contributed by atoms with Crippen molar-refractivity contribution in [3.63, 3.8) is 0 Å². The van der Waals surface area contributed by atoms with E-state index in [-0.39, 0.29) is 35.0 Å². The number of amides is 1. The van der Waals surface area contributed by atoms with E-state index < -0.39 is 5.82 Å². The van der Waals surface area contributed by atoms with Crippen molar-refractivity contribution in [2.75, 3.05) is 0 Å². The molecule has 3 N–H and O–H groups in total. The molecule has 2 atom stereocenters. The van der Waals surface area contributed by atoms with Crippen LogP contribution >= 0.6 is 11.6 Å². The minimum absolute atomic E-state index is 0.0162. The highest BCUT2D eigenvalue weighted by molar-refractivity contribution is 6.31. The molecular weight excluding hydrogens is 279 g/mol. The third-order valence-electron chi connectivity index (χ3n) is 3.81. The zero-order chi connectivity index (χ0) is 14.5. The molecule has 1 aromatic rings. The number of carbonyl (C=O) groups excluding carboxylic acids is 1. The molecule has 1 aliphatic rings. The largest absolute Gasteiger partial charge is 0.352 e. The molecule has 0 radical (unpaired) electrons. The van der Waals surface area contributed by atoms with Crippen molar-refractivity contribution in [2.45, 2.75) is 50.6 Å². The van der Waals surface area contributed by atoms with Gasteiger partial charge in [0, 0.05) is 22.7 Å². The fourth-order valence-electron chi connectivity index (χ4n) is 2.64. The summed E-state index contributed by atoms with van der Waals surface area (Å²) in [5.41, 5.74) is 6.31.